The van der Waals surface area contributed by atoms with Gasteiger partial charge in [-0.15, -0.1) is 0 Å². The van der Waals surface area contributed by atoms with Crippen LogP contribution in [0, 0.1) is 0 Å². The van der Waals surface area contributed by atoms with Gasteiger partial charge in [-0.3, -0.25) is 0 Å². The smallest absolute Gasteiger partial charge is 0.0506 e. The molecule has 0 heterocycles. The minimum atomic E-state index is -0.105. The van der Waals surface area contributed by atoms with Gasteiger partial charge in [0.15, 0.2) is 0 Å². The minimum absolute atomic E-state index is 0.105. The van der Waals surface area contributed by atoms with E-state index in [1.54, 1.807) is 0 Å². The highest BCUT2D eigenvalue weighted by atomic mass is 14.8. The minimum Gasteiger partial charge on any atom is -0.318 e. The molecule has 0 aliphatic heterocycles. The first-order chi connectivity index (χ1) is 9.33. The van der Waals surface area contributed by atoms with Crippen LogP contribution in [0.3, 0.4) is 0 Å². The van der Waals surface area contributed by atoms with Crippen LogP contribution in [0.1, 0.15) is 18.1 Å². The van der Waals surface area contributed by atoms with E-state index in [1.165, 1.54) is 11.1 Å². The second kappa shape index (κ2) is 6.35. The largest absolute Gasteiger partial charge is 0.318 e. The number of hydrogen-bond acceptors (Lipinski definition) is 1. The van der Waals surface area contributed by atoms with E-state index in [0.29, 0.717) is 0 Å². The van der Waals surface area contributed by atoms with Crippen LogP contribution in [-0.4, -0.2) is 13.6 Å². The van der Waals surface area contributed by atoms with Gasteiger partial charge in [-0.2, -0.15) is 0 Å². The Hall–Kier alpha value is -1.86. The van der Waals surface area contributed by atoms with Crippen molar-refractivity contribution in [2.75, 3.05) is 13.6 Å². The first-order valence-corrected chi connectivity index (χ1v) is 6.73. The quantitative estimate of drug-likeness (QED) is 0.798. The van der Waals surface area contributed by atoms with Crippen molar-refractivity contribution >= 4 is 0 Å². The van der Waals surface area contributed by atoms with Crippen molar-refractivity contribution in [3.8, 4) is 0 Å². The van der Waals surface area contributed by atoms with E-state index in [2.05, 4.69) is 85.1 Å². The van der Waals surface area contributed by atoms with Crippen LogP contribution < -0.4 is 5.32 Å². The maximum Gasteiger partial charge on any atom is 0.0506 e. The Kier molecular flexibility index (Phi) is 4.53. The van der Waals surface area contributed by atoms with Crippen LogP contribution in [0.4, 0.5) is 0 Å². The molecule has 0 radical (unpaired) electrons. The van der Waals surface area contributed by atoms with Gasteiger partial charge < -0.3 is 5.32 Å². The molecule has 1 nitrogen and oxygen atoms in total. The van der Waals surface area contributed by atoms with E-state index in [1.807, 2.05) is 7.05 Å². The molecule has 0 spiro atoms. The molecule has 0 saturated carbocycles. The van der Waals surface area contributed by atoms with E-state index in [0.717, 1.165) is 6.54 Å². The standard InChI is InChI=1S/C18H21N/c1-3-14-18(15-19-2,16-10-6-4-7-11-16)17-12-8-5-9-13-17/h3-14,19H,15H2,1-2H3/b14-3+. The van der Waals surface area contributed by atoms with Gasteiger partial charge >= 0.3 is 0 Å². The first-order valence-electron chi connectivity index (χ1n) is 6.73. The maximum absolute atomic E-state index is 3.34. The Balaban J connectivity index is 2.61. The molecule has 2 aromatic carbocycles. The fourth-order valence-electron chi connectivity index (χ4n) is 2.66. The lowest BCUT2D eigenvalue weighted by molar-refractivity contribution is 0.588. The molecule has 0 unspecified atom stereocenters. The van der Waals surface area contributed by atoms with E-state index in [-0.39, 0.29) is 5.41 Å². The van der Waals surface area contributed by atoms with Crippen molar-refractivity contribution in [1.29, 1.82) is 0 Å². The second-order valence-corrected chi connectivity index (χ2v) is 4.73. The first kappa shape index (κ1) is 13.6. The zero-order valence-electron chi connectivity index (χ0n) is 11.6. The van der Waals surface area contributed by atoms with E-state index >= 15 is 0 Å². The van der Waals surface area contributed by atoms with Crippen LogP contribution in [0.2, 0.25) is 0 Å². The van der Waals surface area contributed by atoms with Gasteiger partial charge in [0.2, 0.25) is 0 Å². The second-order valence-electron chi connectivity index (χ2n) is 4.73. The topological polar surface area (TPSA) is 12.0 Å². The normalized spacial score (nSPS) is 11.9. The van der Waals surface area contributed by atoms with Crippen LogP contribution in [0.15, 0.2) is 72.8 Å². The third-order valence-corrected chi connectivity index (χ3v) is 3.48. The monoisotopic (exact) mass is 251 g/mol. The van der Waals surface area contributed by atoms with Crippen molar-refractivity contribution in [3.05, 3.63) is 83.9 Å². The molecule has 2 rings (SSSR count). The lowest BCUT2D eigenvalue weighted by Crippen LogP contribution is -2.36. The van der Waals surface area contributed by atoms with E-state index < -0.39 is 0 Å². The summed E-state index contributed by atoms with van der Waals surface area (Å²) in [6.07, 6.45) is 4.42. The van der Waals surface area contributed by atoms with Crippen molar-refractivity contribution in [2.24, 2.45) is 0 Å². The Morgan fingerprint density at radius 1 is 0.895 bits per heavy atom. The van der Waals surface area contributed by atoms with Crippen molar-refractivity contribution in [2.45, 2.75) is 12.3 Å². The predicted octanol–water partition coefficient (Wildman–Crippen LogP) is 3.77. The molecule has 0 aliphatic carbocycles. The zero-order chi connectivity index (χ0) is 13.6. The predicted molar refractivity (Wildman–Crippen MR) is 82.4 cm³/mol. The summed E-state index contributed by atoms with van der Waals surface area (Å²) >= 11 is 0. The number of likely N-dealkylation sites (N-methyl/N-ethyl adjacent to an activating group) is 1. The summed E-state index contributed by atoms with van der Waals surface area (Å²) in [4.78, 5) is 0. The van der Waals surface area contributed by atoms with Gasteiger partial charge in [0.25, 0.3) is 0 Å². The molecule has 2 aromatic rings. The Labute approximate surface area is 116 Å². The molecule has 1 N–H and O–H groups in total. The lowest BCUT2D eigenvalue weighted by Gasteiger charge is -2.32. The zero-order valence-corrected chi connectivity index (χ0v) is 11.6. The summed E-state index contributed by atoms with van der Waals surface area (Å²) in [6, 6.07) is 21.3. The van der Waals surface area contributed by atoms with Gasteiger partial charge in [-0.1, -0.05) is 72.8 Å². The van der Waals surface area contributed by atoms with Gasteiger partial charge in [0.1, 0.15) is 0 Å². The third-order valence-electron chi connectivity index (χ3n) is 3.48. The fourth-order valence-corrected chi connectivity index (χ4v) is 2.66. The van der Waals surface area contributed by atoms with Gasteiger partial charge in [0.05, 0.1) is 5.41 Å². The van der Waals surface area contributed by atoms with E-state index in [9.17, 15) is 0 Å². The highest BCUT2D eigenvalue weighted by Gasteiger charge is 2.30. The molecule has 19 heavy (non-hydrogen) atoms. The fraction of sp³-hybridized carbons (Fsp3) is 0.222. The average molecular weight is 251 g/mol. The van der Waals surface area contributed by atoms with Crippen LogP contribution >= 0.6 is 0 Å². The summed E-state index contributed by atoms with van der Waals surface area (Å²) in [5.74, 6) is 0. The number of benzene rings is 2. The molecule has 0 aliphatic rings. The molecular formula is C18H21N. The Morgan fingerprint density at radius 3 is 1.74 bits per heavy atom. The third kappa shape index (κ3) is 2.77. The molecule has 1 heteroatoms. The summed E-state index contributed by atoms with van der Waals surface area (Å²) in [7, 11) is 2.00. The molecule has 0 bridgehead atoms. The van der Waals surface area contributed by atoms with Gasteiger partial charge in [0, 0.05) is 6.54 Å². The van der Waals surface area contributed by atoms with Gasteiger partial charge in [-0.25, -0.2) is 0 Å². The molecule has 0 amide bonds. The lowest BCUT2D eigenvalue weighted by atomic mass is 9.74. The maximum atomic E-state index is 3.34. The molecule has 98 valence electrons. The summed E-state index contributed by atoms with van der Waals surface area (Å²) in [5.41, 5.74) is 2.52. The molecular weight excluding hydrogens is 230 g/mol. The van der Waals surface area contributed by atoms with Crippen molar-refractivity contribution < 1.29 is 0 Å². The summed E-state index contributed by atoms with van der Waals surface area (Å²) < 4.78 is 0. The number of allylic oxidation sites excluding steroid dienone is 1. The van der Waals surface area contributed by atoms with Crippen LogP contribution in [-0.2, 0) is 5.41 Å². The van der Waals surface area contributed by atoms with Crippen LogP contribution in [0.25, 0.3) is 0 Å². The van der Waals surface area contributed by atoms with Crippen molar-refractivity contribution in [1.82, 2.24) is 5.32 Å². The molecule has 0 fully saturated rings. The Morgan fingerprint density at radius 2 is 1.37 bits per heavy atom. The van der Waals surface area contributed by atoms with Crippen LogP contribution in [0.5, 0.6) is 0 Å². The number of nitrogens with one attached hydrogen (secondary N) is 1. The van der Waals surface area contributed by atoms with Gasteiger partial charge in [-0.05, 0) is 25.1 Å². The molecule has 0 saturated heterocycles. The number of rotatable bonds is 5. The average Bonchev–Trinajstić information content (AvgIpc) is 2.49. The highest BCUT2D eigenvalue weighted by Crippen LogP contribution is 2.33. The van der Waals surface area contributed by atoms with Crippen molar-refractivity contribution in [3.63, 3.8) is 0 Å². The summed E-state index contributed by atoms with van der Waals surface area (Å²) in [6.45, 7) is 2.96. The molecule has 0 aromatic heterocycles. The summed E-state index contributed by atoms with van der Waals surface area (Å²) in [5, 5.41) is 3.34. The SMILES string of the molecule is C/C=C/C(CNC)(c1ccccc1)c1ccccc1. The van der Waals surface area contributed by atoms with E-state index in [4.69, 9.17) is 0 Å². The number of hydrogen-bond donors (Lipinski definition) is 1. The molecule has 0 atom stereocenters. The Bertz CT molecular complexity index is 474. The highest BCUT2D eigenvalue weighted by molar-refractivity contribution is 5.45.